The minimum atomic E-state index is -0.739. The van der Waals surface area contributed by atoms with Gasteiger partial charge in [-0.15, -0.1) is 0 Å². The predicted molar refractivity (Wildman–Crippen MR) is 179 cm³/mol. The summed E-state index contributed by atoms with van der Waals surface area (Å²) in [5.74, 6) is -0.739. The van der Waals surface area contributed by atoms with Crippen molar-refractivity contribution in [2.45, 2.75) is 96.4 Å². The fourth-order valence-corrected chi connectivity index (χ4v) is 7.39. The number of carbonyl (C=O) groups is 1. The molecule has 0 heterocycles. The molecular weight excluding hydrogens is 526 g/mol. The van der Waals surface area contributed by atoms with Crippen molar-refractivity contribution in [3.63, 3.8) is 0 Å². The SMILES string of the molecule is CCCCCCCCCCCCC(C(=O)O)N(c1cccc2c1Cc1ccccc1-2)c1cccc2c1Cc1ccccc1-2. The zero-order valence-corrected chi connectivity index (χ0v) is 25.7. The van der Waals surface area contributed by atoms with Crippen LogP contribution in [0.4, 0.5) is 11.4 Å². The van der Waals surface area contributed by atoms with E-state index in [0.717, 1.165) is 37.1 Å². The highest BCUT2D eigenvalue weighted by atomic mass is 16.4. The lowest BCUT2D eigenvalue weighted by Crippen LogP contribution is -2.39. The maximum atomic E-state index is 13.2. The Bertz CT molecular complexity index is 1470. The normalized spacial score (nSPS) is 13.2. The summed E-state index contributed by atoms with van der Waals surface area (Å²) in [6.45, 7) is 2.26. The number of fused-ring (bicyclic) bond motifs is 6. The molecule has 2 aliphatic rings. The van der Waals surface area contributed by atoms with Crippen LogP contribution in [-0.2, 0) is 17.6 Å². The standard InChI is InChI=1S/C40H45NO2/c1-2-3-4-5-6-7-8-9-10-11-24-39(40(42)43)41(37-25-16-22-33-31-20-14-12-18-29(31)27-35(33)37)38-26-17-23-34-32-21-15-13-19-30(32)28-36(34)38/h12-23,25-26,39H,2-11,24,27-28H2,1H3,(H,42,43). The number of carboxylic acids is 1. The van der Waals surface area contributed by atoms with Gasteiger partial charge in [0.1, 0.15) is 6.04 Å². The Morgan fingerprint density at radius 3 is 1.53 bits per heavy atom. The molecule has 43 heavy (non-hydrogen) atoms. The molecule has 1 N–H and O–H groups in total. The maximum Gasteiger partial charge on any atom is 0.326 e. The van der Waals surface area contributed by atoms with Gasteiger partial charge in [0.2, 0.25) is 0 Å². The Kier molecular flexibility index (Phi) is 9.27. The van der Waals surface area contributed by atoms with E-state index in [1.165, 1.54) is 95.9 Å². The zero-order chi connectivity index (χ0) is 29.6. The predicted octanol–water partition coefficient (Wildman–Crippen LogP) is 10.7. The number of rotatable bonds is 15. The highest BCUT2D eigenvalue weighted by molar-refractivity contribution is 5.92. The molecule has 1 unspecified atom stereocenters. The number of anilines is 2. The number of benzene rings is 4. The van der Waals surface area contributed by atoms with E-state index in [1.807, 2.05) is 0 Å². The lowest BCUT2D eigenvalue weighted by molar-refractivity contribution is -0.138. The highest BCUT2D eigenvalue weighted by Gasteiger charge is 2.34. The summed E-state index contributed by atoms with van der Waals surface area (Å²) in [4.78, 5) is 15.4. The smallest absolute Gasteiger partial charge is 0.326 e. The van der Waals surface area contributed by atoms with E-state index in [1.54, 1.807) is 0 Å². The number of hydrogen-bond acceptors (Lipinski definition) is 2. The second-order valence-corrected chi connectivity index (χ2v) is 12.5. The topological polar surface area (TPSA) is 40.5 Å². The quantitative estimate of drug-likeness (QED) is 0.125. The molecule has 4 aromatic carbocycles. The van der Waals surface area contributed by atoms with Gasteiger partial charge in [0.05, 0.1) is 0 Å². The van der Waals surface area contributed by atoms with Crippen LogP contribution in [0.15, 0.2) is 84.9 Å². The third kappa shape index (κ3) is 6.13. The van der Waals surface area contributed by atoms with Gasteiger partial charge < -0.3 is 10.0 Å². The lowest BCUT2D eigenvalue weighted by Gasteiger charge is -2.34. The first-order chi connectivity index (χ1) is 21.2. The van der Waals surface area contributed by atoms with Gasteiger partial charge in [-0.05, 0) is 63.1 Å². The van der Waals surface area contributed by atoms with Crippen molar-refractivity contribution in [3.05, 3.63) is 107 Å². The van der Waals surface area contributed by atoms with E-state index in [4.69, 9.17) is 0 Å². The molecule has 4 aromatic rings. The number of aliphatic carboxylic acids is 1. The summed E-state index contributed by atoms with van der Waals surface area (Å²) in [5.41, 5.74) is 12.2. The summed E-state index contributed by atoms with van der Waals surface area (Å²) in [6, 6.07) is 29.5. The van der Waals surface area contributed by atoms with E-state index in [9.17, 15) is 9.90 Å². The molecule has 0 saturated carbocycles. The molecule has 2 aliphatic carbocycles. The second-order valence-electron chi connectivity index (χ2n) is 12.5. The molecule has 0 bridgehead atoms. The van der Waals surface area contributed by atoms with Gasteiger partial charge in [0.25, 0.3) is 0 Å². The molecule has 6 rings (SSSR count). The molecule has 0 radical (unpaired) electrons. The van der Waals surface area contributed by atoms with Crippen molar-refractivity contribution in [2.24, 2.45) is 0 Å². The molecule has 1 atom stereocenters. The van der Waals surface area contributed by atoms with E-state index >= 15 is 0 Å². The van der Waals surface area contributed by atoms with Gasteiger partial charge in [-0.25, -0.2) is 4.79 Å². The lowest BCUT2D eigenvalue weighted by atomic mass is 9.97. The summed E-state index contributed by atoms with van der Waals surface area (Å²) in [7, 11) is 0. The molecule has 222 valence electrons. The van der Waals surface area contributed by atoms with Gasteiger partial charge >= 0.3 is 5.97 Å². The van der Waals surface area contributed by atoms with Crippen molar-refractivity contribution in [3.8, 4) is 22.3 Å². The summed E-state index contributed by atoms with van der Waals surface area (Å²) >= 11 is 0. The number of nitrogens with zero attached hydrogens (tertiary/aromatic N) is 1. The first kappa shape index (κ1) is 29.2. The van der Waals surface area contributed by atoms with Crippen LogP contribution in [0.3, 0.4) is 0 Å². The van der Waals surface area contributed by atoms with Gasteiger partial charge in [0.15, 0.2) is 0 Å². The molecule has 0 spiro atoms. The number of unbranched alkanes of at least 4 members (excludes halogenated alkanes) is 9. The molecule has 0 aromatic heterocycles. The van der Waals surface area contributed by atoms with Gasteiger partial charge in [-0.2, -0.15) is 0 Å². The number of hydrogen-bond donors (Lipinski definition) is 1. The molecule has 3 nitrogen and oxygen atoms in total. The summed E-state index contributed by atoms with van der Waals surface area (Å²) in [5, 5.41) is 10.8. The van der Waals surface area contributed by atoms with Crippen LogP contribution in [0, 0.1) is 0 Å². The monoisotopic (exact) mass is 571 g/mol. The van der Waals surface area contributed by atoms with Crippen molar-refractivity contribution >= 4 is 17.3 Å². The molecule has 0 aliphatic heterocycles. The van der Waals surface area contributed by atoms with E-state index in [-0.39, 0.29) is 0 Å². The fourth-order valence-electron chi connectivity index (χ4n) is 7.39. The minimum Gasteiger partial charge on any atom is -0.480 e. The average molecular weight is 572 g/mol. The first-order valence-electron chi connectivity index (χ1n) is 16.6. The third-order valence-corrected chi connectivity index (χ3v) is 9.60. The highest BCUT2D eigenvalue weighted by Crippen LogP contribution is 2.48. The van der Waals surface area contributed by atoms with Crippen LogP contribution in [0.1, 0.15) is 99.8 Å². The Morgan fingerprint density at radius 2 is 1.05 bits per heavy atom. The second kappa shape index (κ2) is 13.6. The summed E-state index contributed by atoms with van der Waals surface area (Å²) in [6.07, 6.45) is 14.7. The molecule has 3 heteroatoms. The minimum absolute atomic E-state index is 0.625. The molecule has 0 amide bonds. The van der Waals surface area contributed by atoms with Crippen LogP contribution < -0.4 is 4.90 Å². The van der Waals surface area contributed by atoms with Crippen LogP contribution in [0.25, 0.3) is 22.3 Å². The van der Waals surface area contributed by atoms with Crippen molar-refractivity contribution < 1.29 is 9.90 Å². The van der Waals surface area contributed by atoms with Crippen LogP contribution in [0.5, 0.6) is 0 Å². The Labute approximate surface area is 257 Å². The zero-order valence-electron chi connectivity index (χ0n) is 25.7. The maximum absolute atomic E-state index is 13.2. The van der Waals surface area contributed by atoms with Crippen LogP contribution >= 0.6 is 0 Å². The Hall–Kier alpha value is -3.85. The summed E-state index contributed by atoms with van der Waals surface area (Å²) < 4.78 is 0. The van der Waals surface area contributed by atoms with Gasteiger partial charge in [-0.1, -0.05) is 144 Å². The van der Waals surface area contributed by atoms with Crippen molar-refractivity contribution in [1.82, 2.24) is 0 Å². The largest absolute Gasteiger partial charge is 0.480 e. The first-order valence-corrected chi connectivity index (χ1v) is 16.6. The molecule has 0 saturated heterocycles. The van der Waals surface area contributed by atoms with Crippen LogP contribution in [0.2, 0.25) is 0 Å². The van der Waals surface area contributed by atoms with Gasteiger partial charge in [-0.3, -0.25) is 0 Å². The van der Waals surface area contributed by atoms with Crippen molar-refractivity contribution in [2.75, 3.05) is 4.90 Å². The fraction of sp³-hybridized carbons (Fsp3) is 0.375. The molecular formula is C40H45NO2. The van der Waals surface area contributed by atoms with Gasteiger partial charge in [0, 0.05) is 24.2 Å². The number of carboxylic acid groups (broad SMARTS) is 1. The van der Waals surface area contributed by atoms with E-state index < -0.39 is 12.0 Å². The molecule has 0 fully saturated rings. The van der Waals surface area contributed by atoms with Crippen LogP contribution in [-0.4, -0.2) is 17.1 Å². The van der Waals surface area contributed by atoms with Crippen molar-refractivity contribution in [1.29, 1.82) is 0 Å². The van der Waals surface area contributed by atoms with E-state index in [2.05, 4.69) is 96.8 Å². The third-order valence-electron chi connectivity index (χ3n) is 9.60. The Balaban J connectivity index is 1.29. The average Bonchev–Trinajstić information content (AvgIpc) is 3.60. The Morgan fingerprint density at radius 1 is 0.605 bits per heavy atom. The van der Waals surface area contributed by atoms with E-state index in [0.29, 0.717) is 6.42 Å².